The van der Waals surface area contributed by atoms with Crippen molar-refractivity contribution in [2.75, 3.05) is 24.6 Å². The summed E-state index contributed by atoms with van der Waals surface area (Å²) in [5.74, 6) is -0.494. The Bertz CT molecular complexity index is 491. The van der Waals surface area contributed by atoms with Crippen LogP contribution in [0.5, 0.6) is 0 Å². The van der Waals surface area contributed by atoms with Crippen LogP contribution in [0.15, 0.2) is 23.4 Å². The Labute approximate surface area is 117 Å². The Morgan fingerprint density at radius 3 is 3.10 bits per heavy atom. The van der Waals surface area contributed by atoms with E-state index in [9.17, 15) is 4.39 Å². The predicted molar refractivity (Wildman–Crippen MR) is 75.8 cm³/mol. The Balaban J connectivity index is 2.27. The lowest BCUT2D eigenvalue weighted by Gasteiger charge is -2.35. The Morgan fingerprint density at radius 1 is 1.60 bits per heavy atom. The van der Waals surface area contributed by atoms with E-state index in [-0.39, 0.29) is 11.9 Å². The zero-order valence-corrected chi connectivity index (χ0v) is 11.6. The third kappa shape index (κ3) is 3.19. The number of oxime groups is 1. The van der Waals surface area contributed by atoms with Crippen LogP contribution in [0.25, 0.3) is 0 Å². The fourth-order valence-electron chi connectivity index (χ4n) is 2.57. The number of piperidine rings is 1. The predicted octanol–water partition coefficient (Wildman–Crippen LogP) is 1.93. The summed E-state index contributed by atoms with van der Waals surface area (Å²) < 4.78 is 19.0. The van der Waals surface area contributed by atoms with E-state index in [0.29, 0.717) is 12.2 Å². The van der Waals surface area contributed by atoms with Crippen LogP contribution in [-0.2, 0) is 4.74 Å². The van der Waals surface area contributed by atoms with E-state index in [1.165, 1.54) is 12.1 Å². The first-order chi connectivity index (χ1) is 9.65. The van der Waals surface area contributed by atoms with E-state index in [0.717, 1.165) is 31.6 Å². The molecule has 1 aromatic rings. The molecule has 6 heteroatoms. The third-order valence-corrected chi connectivity index (χ3v) is 3.46. The van der Waals surface area contributed by atoms with Gasteiger partial charge in [-0.25, -0.2) is 4.39 Å². The minimum Gasteiger partial charge on any atom is -0.409 e. The highest BCUT2D eigenvalue weighted by atomic mass is 19.1. The van der Waals surface area contributed by atoms with Crippen molar-refractivity contribution in [2.45, 2.75) is 25.9 Å². The number of nitrogens with zero attached hydrogens (tertiary/aromatic N) is 2. The van der Waals surface area contributed by atoms with E-state index in [4.69, 9.17) is 15.7 Å². The topological polar surface area (TPSA) is 71.1 Å². The maximum Gasteiger partial charge on any atom is 0.172 e. The van der Waals surface area contributed by atoms with Gasteiger partial charge in [0.15, 0.2) is 5.84 Å². The van der Waals surface area contributed by atoms with Gasteiger partial charge in [0.05, 0.1) is 6.10 Å². The van der Waals surface area contributed by atoms with Gasteiger partial charge in [0.25, 0.3) is 0 Å². The van der Waals surface area contributed by atoms with E-state index < -0.39 is 5.82 Å². The molecule has 1 aromatic carbocycles. The van der Waals surface area contributed by atoms with Gasteiger partial charge >= 0.3 is 0 Å². The molecule has 3 N–H and O–H groups in total. The number of rotatable bonds is 4. The average molecular weight is 281 g/mol. The molecule has 20 heavy (non-hydrogen) atoms. The fraction of sp³-hybridized carbons (Fsp3) is 0.500. The number of amidine groups is 1. The number of anilines is 1. The smallest absolute Gasteiger partial charge is 0.172 e. The maximum absolute atomic E-state index is 13.4. The van der Waals surface area contributed by atoms with Gasteiger partial charge in [-0.2, -0.15) is 0 Å². The van der Waals surface area contributed by atoms with Crippen molar-refractivity contribution in [2.24, 2.45) is 10.9 Å². The average Bonchev–Trinajstić information content (AvgIpc) is 2.47. The highest BCUT2D eigenvalue weighted by Crippen LogP contribution is 2.26. The zero-order valence-electron chi connectivity index (χ0n) is 11.6. The van der Waals surface area contributed by atoms with E-state index >= 15 is 0 Å². The van der Waals surface area contributed by atoms with E-state index in [2.05, 4.69) is 10.1 Å². The first-order valence-corrected chi connectivity index (χ1v) is 6.79. The number of halogens is 1. The molecule has 0 spiro atoms. The lowest BCUT2D eigenvalue weighted by molar-refractivity contribution is 0.0526. The second-order valence-electron chi connectivity index (χ2n) is 4.81. The molecule has 1 aliphatic rings. The molecule has 0 aliphatic carbocycles. The lowest BCUT2D eigenvalue weighted by Crippen LogP contribution is -2.40. The normalized spacial score (nSPS) is 20.2. The number of nitrogens with two attached hydrogens (primary N) is 1. The highest BCUT2D eigenvalue weighted by Gasteiger charge is 2.23. The highest BCUT2D eigenvalue weighted by molar-refractivity contribution is 6.02. The van der Waals surface area contributed by atoms with Crippen molar-refractivity contribution in [1.82, 2.24) is 0 Å². The second kappa shape index (κ2) is 6.56. The Morgan fingerprint density at radius 2 is 2.40 bits per heavy atom. The van der Waals surface area contributed by atoms with Gasteiger partial charge < -0.3 is 20.6 Å². The number of hydrogen-bond donors (Lipinski definition) is 2. The molecule has 1 heterocycles. The molecule has 0 amide bonds. The summed E-state index contributed by atoms with van der Waals surface area (Å²) in [6.07, 6.45) is 2.18. The monoisotopic (exact) mass is 281 g/mol. The number of benzene rings is 1. The minimum absolute atomic E-state index is 0.0852. The molecule has 2 rings (SSSR count). The van der Waals surface area contributed by atoms with Crippen molar-refractivity contribution in [1.29, 1.82) is 0 Å². The molecule has 1 atom stereocenters. The van der Waals surface area contributed by atoms with Gasteiger partial charge in [-0.05, 0) is 38.0 Å². The van der Waals surface area contributed by atoms with Crippen LogP contribution >= 0.6 is 0 Å². The molecule has 5 nitrogen and oxygen atoms in total. The van der Waals surface area contributed by atoms with Crippen molar-refractivity contribution >= 4 is 11.5 Å². The van der Waals surface area contributed by atoms with Crippen LogP contribution in [-0.4, -0.2) is 36.8 Å². The second-order valence-corrected chi connectivity index (χ2v) is 4.81. The zero-order chi connectivity index (χ0) is 14.5. The van der Waals surface area contributed by atoms with Crippen LogP contribution in [0, 0.1) is 5.82 Å². The molecule has 1 saturated heterocycles. The molecule has 110 valence electrons. The van der Waals surface area contributed by atoms with Crippen molar-refractivity contribution in [3.05, 3.63) is 29.6 Å². The third-order valence-electron chi connectivity index (χ3n) is 3.46. The van der Waals surface area contributed by atoms with Crippen LogP contribution < -0.4 is 10.6 Å². The van der Waals surface area contributed by atoms with Gasteiger partial charge in [-0.15, -0.1) is 0 Å². The molecule has 1 aliphatic heterocycles. The Kier molecular flexibility index (Phi) is 4.79. The maximum atomic E-state index is 13.4. The summed E-state index contributed by atoms with van der Waals surface area (Å²) in [6.45, 7) is 4.22. The van der Waals surface area contributed by atoms with Crippen molar-refractivity contribution in [3.8, 4) is 0 Å². The summed E-state index contributed by atoms with van der Waals surface area (Å²) in [6, 6.07) is 4.33. The quantitative estimate of drug-likeness (QED) is 0.383. The molecule has 0 saturated carbocycles. The van der Waals surface area contributed by atoms with Gasteiger partial charge in [-0.1, -0.05) is 5.16 Å². The van der Waals surface area contributed by atoms with Crippen LogP contribution in [0.4, 0.5) is 10.1 Å². The largest absolute Gasteiger partial charge is 0.409 e. The SMILES string of the molecule is CCOC1CCCN(c2ccc(F)cc2C(N)=NO)C1. The minimum atomic E-state index is -0.409. The summed E-state index contributed by atoms with van der Waals surface area (Å²) in [7, 11) is 0. The van der Waals surface area contributed by atoms with Crippen molar-refractivity contribution < 1.29 is 14.3 Å². The van der Waals surface area contributed by atoms with E-state index in [1.54, 1.807) is 6.07 Å². The van der Waals surface area contributed by atoms with Crippen LogP contribution in [0.2, 0.25) is 0 Å². The van der Waals surface area contributed by atoms with Crippen molar-refractivity contribution in [3.63, 3.8) is 0 Å². The lowest BCUT2D eigenvalue weighted by atomic mass is 10.0. The fourth-order valence-corrected chi connectivity index (χ4v) is 2.57. The molecular weight excluding hydrogens is 261 g/mol. The van der Waals surface area contributed by atoms with Crippen LogP contribution in [0.3, 0.4) is 0 Å². The Hall–Kier alpha value is -1.82. The van der Waals surface area contributed by atoms with Gasteiger partial charge in [-0.3, -0.25) is 0 Å². The first kappa shape index (κ1) is 14.6. The molecule has 0 radical (unpaired) electrons. The molecule has 1 unspecified atom stereocenters. The number of hydrogen-bond acceptors (Lipinski definition) is 4. The molecule has 1 fully saturated rings. The summed E-state index contributed by atoms with van der Waals surface area (Å²) in [5.41, 5.74) is 6.82. The molecular formula is C14H20FN3O2. The standard InChI is InChI=1S/C14H20FN3O2/c1-2-20-11-4-3-7-18(9-11)13-6-5-10(15)8-12(13)14(16)17-19/h5-6,8,11,19H,2-4,7,9H2,1H3,(H2,16,17). The summed E-state index contributed by atoms with van der Waals surface area (Å²) in [4.78, 5) is 2.09. The number of ether oxygens (including phenoxy) is 1. The van der Waals surface area contributed by atoms with E-state index in [1.807, 2.05) is 6.92 Å². The van der Waals surface area contributed by atoms with Gasteiger partial charge in [0.2, 0.25) is 0 Å². The first-order valence-electron chi connectivity index (χ1n) is 6.79. The van der Waals surface area contributed by atoms with Crippen LogP contribution in [0.1, 0.15) is 25.3 Å². The van der Waals surface area contributed by atoms with Gasteiger partial charge in [0, 0.05) is 30.9 Å². The summed E-state index contributed by atoms with van der Waals surface area (Å²) >= 11 is 0. The summed E-state index contributed by atoms with van der Waals surface area (Å²) in [5, 5.41) is 11.8. The molecule has 0 bridgehead atoms. The van der Waals surface area contributed by atoms with Gasteiger partial charge in [0.1, 0.15) is 5.82 Å². The molecule has 0 aromatic heterocycles.